The van der Waals surface area contributed by atoms with Crippen LogP contribution in [0.3, 0.4) is 0 Å². The van der Waals surface area contributed by atoms with Gasteiger partial charge in [0.1, 0.15) is 12.2 Å². The van der Waals surface area contributed by atoms with Gasteiger partial charge in [0.25, 0.3) is 0 Å². The van der Waals surface area contributed by atoms with Crippen LogP contribution in [0.1, 0.15) is 57.9 Å². The zero-order valence-corrected chi connectivity index (χ0v) is 21.4. The maximum absolute atomic E-state index is 12.1. The predicted molar refractivity (Wildman–Crippen MR) is 125 cm³/mol. The largest absolute Gasteiger partial charge is 0.469 e. The van der Waals surface area contributed by atoms with Gasteiger partial charge >= 0.3 is 17.9 Å². The first-order valence-electron chi connectivity index (χ1n) is 11.9. The number of nitrogens with zero attached hydrogens (tertiary/aromatic N) is 3. The van der Waals surface area contributed by atoms with Gasteiger partial charge in [0, 0.05) is 24.8 Å². The zero-order chi connectivity index (χ0) is 26.7. The lowest BCUT2D eigenvalue weighted by atomic mass is 9.86. The van der Waals surface area contributed by atoms with Crippen molar-refractivity contribution >= 4 is 17.9 Å². The zero-order valence-electron chi connectivity index (χ0n) is 21.4. The number of hydrogen-bond acceptors (Lipinski definition) is 11. The van der Waals surface area contributed by atoms with E-state index in [2.05, 4.69) is 10.3 Å². The van der Waals surface area contributed by atoms with Crippen LogP contribution in [0.25, 0.3) is 0 Å². The van der Waals surface area contributed by atoms with Crippen LogP contribution in [0.4, 0.5) is 0 Å². The Kier molecular flexibility index (Phi) is 7.90. The number of carbonyl (C=O) groups excluding carboxylic acids is 3. The summed E-state index contributed by atoms with van der Waals surface area (Å²) in [5.41, 5.74) is 0.575. The van der Waals surface area contributed by atoms with Crippen LogP contribution in [-0.2, 0) is 48.2 Å². The van der Waals surface area contributed by atoms with E-state index in [4.69, 9.17) is 28.4 Å². The summed E-state index contributed by atoms with van der Waals surface area (Å²) in [6.07, 6.45) is -3.64. The summed E-state index contributed by atoms with van der Waals surface area (Å²) >= 11 is 0. The predicted octanol–water partition coefficient (Wildman–Crippen LogP) is 1.99. The van der Waals surface area contributed by atoms with Crippen molar-refractivity contribution in [1.29, 1.82) is 0 Å². The van der Waals surface area contributed by atoms with E-state index >= 15 is 0 Å². The van der Waals surface area contributed by atoms with Crippen molar-refractivity contribution in [3.05, 3.63) is 47.8 Å². The van der Waals surface area contributed by atoms with Crippen molar-refractivity contribution in [3.8, 4) is 0 Å². The molecule has 0 bridgehead atoms. The van der Waals surface area contributed by atoms with Crippen molar-refractivity contribution in [3.63, 3.8) is 0 Å². The third-order valence-electron chi connectivity index (χ3n) is 6.26. The number of hydrogen-bond donors (Lipinski definition) is 0. The molecule has 2 fully saturated rings. The van der Waals surface area contributed by atoms with Gasteiger partial charge < -0.3 is 28.4 Å². The van der Waals surface area contributed by atoms with Gasteiger partial charge in [0.15, 0.2) is 24.7 Å². The summed E-state index contributed by atoms with van der Waals surface area (Å²) in [7, 11) is 1.32. The summed E-state index contributed by atoms with van der Waals surface area (Å²) in [6.45, 7) is 6.29. The Morgan fingerprint density at radius 2 is 1.73 bits per heavy atom. The summed E-state index contributed by atoms with van der Waals surface area (Å²) in [6, 6.07) is 9.30. The standard InChI is InChI=1S/C25H31N3O9/c1-14(29)34-21-20-17(13-33-24(37-20)16-9-7-6-8-10-16)36-23(22(21)35-15(2)30)28-12-18(26-27-28)25(3,4)11-19(31)32-5/h6-10,12,17,20-24H,11,13H2,1-5H3/t17?,20-,21?,22?,23+,24?/m0/s1. The first-order chi connectivity index (χ1) is 17.6. The fourth-order valence-electron chi connectivity index (χ4n) is 4.43. The van der Waals surface area contributed by atoms with Crippen molar-refractivity contribution in [1.82, 2.24) is 15.0 Å². The summed E-state index contributed by atoms with van der Waals surface area (Å²) in [5, 5.41) is 8.41. The minimum atomic E-state index is -1.10. The van der Waals surface area contributed by atoms with Gasteiger partial charge in [0.05, 0.1) is 32.0 Å². The third-order valence-corrected chi connectivity index (χ3v) is 6.26. The highest BCUT2D eigenvalue weighted by atomic mass is 16.7. The van der Waals surface area contributed by atoms with Crippen LogP contribution in [0.15, 0.2) is 36.5 Å². The van der Waals surface area contributed by atoms with Crippen LogP contribution in [0, 0.1) is 0 Å². The van der Waals surface area contributed by atoms with E-state index in [1.165, 1.54) is 25.6 Å². The Labute approximate surface area is 214 Å². The molecule has 4 unspecified atom stereocenters. The maximum atomic E-state index is 12.1. The molecule has 0 N–H and O–H groups in total. The number of ether oxygens (including phenoxy) is 6. The van der Waals surface area contributed by atoms with Gasteiger partial charge in [-0.15, -0.1) is 5.10 Å². The lowest BCUT2D eigenvalue weighted by molar-refractivity contribution is -0.341. The van der Waals surface area contributed by atoms with Gasteiger partial charge in [0.2, 0.25) is 0 Å². The van der Waals surface area contributed by atoms with Crippen molar-refractivity contribution in [2.45, 2.75) is 76.5 Å². The van der Waals surface area contributed by atoms with E-state index in [1.54, 1.807) is 6.20 Å². The van der Waals surface area contributed by atoms with Crippen molar-refractivity contribution in [2.75, 3.05) is 13.7 Å². The number of fused-ring (bicyclic) bond motifs is 1. The topological polar surface area (TPSA) is 137 Å². The lowest BCUT2D eigenvalue weighted by Crippen LogP contribution is -2.62. The highest BCUT2D eigenvalue weighted by Gasteiger charge is 2.54. The number of benzene rings is 1. The Balaban J connectivity index is 1.65. The van der Waals surface area contributed by atoms with Gasteiger partial charge in [-0.05, 0) is 0 Å². The van der Waals surface area contributed by atoms with E-state index < -0.39 is 60.3 Å². The molecule has 0 saturated carbocycles. The monoisotopic (exact) mass is 517 g/mol. The molecule has 200 valence electrons. The fraction of sp³-hybridized carbons (Fsp3) is 0.560. The van der Waals surface area contributed by atoms with Crippen LogP contribution < -0.4 is 0 Å². The third kappa shape index (κ3) is 5.97. The smallest absolute Gasteiger partial charge is 0.306 e. The molecule has 37 heavy (non-hydrogen) atoms. The molecule has 3 heterocycles. The molecule has 2 aliphatic rings. The first-order valence-corrected chi connectivity index (χ1v) is 11.9. The minimum Gasteiger partial charge on any atom is -0.469 e. The van der Waals surface area contributed by atoms with E-state index in [0.717, 1.165) is 5.56 Å². The summed E-state index contributed by atoms with van der Waals surface area (Å²) in [4.78, 5) is 36.1. The number of rotatable bonds is 7. The summed E-state index contributed by atoms with van der Waals surface area (Å²) in [5.74, 6) is -1.58. The van der Waals surface area contributed by atoms with Gasteiger partial charge in [-0.1, -0.05) is 49.4 Å². The molecule has 0 spiro atoms. The lowest BCUT2D eigenvalue weighted by Gasteiger charge is -2.48. The molecule has 12 nitrogen and oxygen atoms in total. The van der Waals surface area contributed by atoms with E-state index in [9.17, 15) is 14.4 Å². The number of aromatic nitrogens is 3. The molecule has 1 aromatic heterocycles. The fourth-order valence-corrected chi connectivity index (χ4v) is 4.43. The molecule has 2 aromatic rings. The summed E-state index contributed by atoms with van der Waals surface area (Å²) < 4.78 is 35.8. The van der Waals surface area contributed by atoms with E-state index in [-0.39, 0.29) is 13.0 Å². The van der Waals surface area contributed by atoms with Crippen molar-refractivity contribution in [2.24, 2.45) is 0 Å². The average molecular weight is 518 g/mol. The van der Waals surface area contributed by atoms with Gasteiger partial charge in [-0.25, -0.2) is 4.68 Å². The SMILES string of the molecule is COC(=O)CC(C)(C)c1cn([C@@H]2OC3COC(c4ccccc4)O[C@@H]3C(OC(C)=O)C2OC(C)=O)nn1. The van der Waals surface area contributed by atoms with E-state index in [1.807, 2.05) is 44.2 Å². The number of methoxy groups -OCH3 is 1. The highest BCUT2D eigenvalue weighted by Crippen LogP contribution is 2.40. The molecule has 1 aromatic carbocycles. The van der Waals surface area contributed by atoms with Crippen LogP contribution >= 0.6 is 0 Å². The molecular formula is C25H31N3O9. The molecule has 2 aliphatic heterocycles. The van der Waals surface area contributed by atoms with Gasteiger partial charge in [-0.2, -0.15) is 0 Å². The molecule has 2 saturated heterocycles. The molecular weight excluding hydrogens is 486 g/mol. The Hall–Kier alpha value is -3.35. The molecule has 4 rings (SSSR count). The molecule has 0 radical (unpaired) electrons. The molecule has 0 amide bonds. The second-order valence-electron chi connectivity index (χ2n) is 9.61. The Morgan fingerprint density at radius 3 is 2.38 bits per heavy atom. The normalized spacial score (nSPS) is 27.6. The number of esters is 3. The first kappa shape index (κ1) is 26.7. The van der Waals surface area contributed by atoms with Crippen LogP contribution in [0.5, 0.6) is 0 Å². The maximum Gasteiger partial charge on any atom is 0.306 e. The minimum absolute atomic E-state index is 0.0738. The quantitative estimate of drug-likeness (QED) is 0.394. The Morgan fingerprint density at radius 1 is 1.05 bits per heavy atom. The average Bonchev–Trinajstić information content (AvgIpc) is 3.36. The van der Waals surface area contributed by atoms with Crippen LogP contribution in [-0.4, -0.2) is 71.0 Å². The van der Waals surface area contributed by atoms with Gasteiger partial charge in [-0.3, -0.25) is 14.4 Å². The highest BCUT2D eigenvalue weighted by molar-refractivity contribution is 5.71. The van der Waals surface area contributed by atoms with Crippen molar-refractivity contribution < 1.29 is 42.8 Å². The molecule has 6 atom stereocenters. The molecule has 0 aliphatic carbocycles. The number of carbonyl (C=O) groups is 3. The van der Waals surface area contributed by atoms with E-state index in [0.29, 0.717) is 5.69 Å². The Bertz CT molecular complexity index is 1120. The second-order valence-corrected chi connectivity index (χ2v) is 9.61. The van der Waals surface area contributed by atoms with Crippen LogP contribution in [0.2, 0.25) is 0 Å². The molecule has 12 heteroatoms. The second kappa shape index (κ2) is 11.0.